The summed E-state index contributed by atoms with van der Waals surface area (Å²) in [6.45, 7) is 13.1. The predicted octanol–water partition coefficient (Wildman–Crippen LogP) is 1.24. The lowest BCUT2D eigenvalue weighted by atomic mass is 9.97. The van der Waals surface area contributed by atoms with Crippen molar-refractivity contribution in [1.29, 1.82) is 0 Å². The molecule has 0 bridgehead atoms. The highest BCUT2D eigenvalue weighted by Gasteiger charge is 2.34. The Bertz CT molecular complexity index is 254. The van der Waals surface area contributed by atoms with Crippen LogP contribution in [0.5, 0.6) is 0 Å². The van der Waals surface area contributed by atoms with Gasteiger partial charge in [-0.05, 0) is 34.6 Å². The molecule has 0 aromatic carbocycles. The monoisotopic (exact) mass is 244 g/mol. The maximum atomic E-state index is 6.22. The molecule has 2 N–H and O–H groups in total. The van der Waals surface area contributed by atoms with E-state index < -0.39 is 0 Å². The highest BCUT2D eigenvalue weighted by atomic mass is 16.5. The zero-order valence-corrected chi connectivity index (χ0v) is 12.1. The smallest absolute Gasteiger partial charge is 0.0785 e. The maximum Gasteiger partial charge on any atom is 0.0785 e. The van der Waals surface area contributed by atoms with E-state index in [1.54, 1.807) is 7.11 Å². The molecule has 2 atom stereocenters. The number of hydrogen-bond donors (Lipinski definition) is 1. The fourth-order valence-corrected chi connectivity index (χ4v) is 2.37. The van der Waals surface area contributed by atoms with Crippen molar-refractivity contribution in [3.8, 4) is 0 Å². The Kier molecular flexibility index (Phi) is 4.58. The summed E-state index contributed by atoms with van der Waals surface area (Å²) in [7, 11) is 1.71. The Hall–Kier alpha value is -0.160. The minimum atomic E-state index is -0.286. The highest BCUT2D eigenvalue weighted by molar-refractivity contribution is 4.89. The van der Waals surface area contributed by atoms with Crippen molar-refractivity contribution in [3.05, 3.63) is 0 Å². The van der Waals surface area contributed by atoms with E-state index in [0.717, 1.165) is 19.6 Å². The van der Waals surface area contributed by atoms with Gasteiger partial charge in [0.25, 0.3) is 0 Å². The third-order valence-electron chi connectivity index (χ3n) is 3.51. The molecule has 0 aliphatic carbocycles. The normalized spacial score (nSPS) is 28.1. The summed E-state index contributed by atoms with van der Waals surface area (Å²) in [5, 5.41) is 0. The van der Waals surface area contributed by atoms with Crippen LogP contribution in [0.1, 0.15) is 34.6 Å². The number of morpholine rings is 1. The number of ether oxygens (including phenoxy) is 2. The lowest BCUT2D eigenvalue weighted by Gasteiger charge is -2.44. The molecule has 1 fully saturated rings. The molecule has 4 heteroatoms. The lowest BCUT2D eigenvalue weighted by molar-refractivity contribution is -0.133. The largest absolute Gasteiger partial charge is 0.377 e. The molecule has 0 aromatic rings. The lowest BCUT2D eigenvalue weighted by Crippen LogP contribution is -2.58. The molecule has 4 nitrogen and oxygen atoms in total. The van der Waals surface area contributed by atoms with Crippen LogP contribution in [-0.4, -0.2) is 55.0 Å². The average molecular weight is 244 g/mol. The summed E-state index contributed by atoms with van der Waals surface area (Å²) in [5.74, 6) is 0. The minimum Gasteiger partial charge on any atom is -0.377 e. The first-order valence-electron chi connectivity index (χ1n) is 6.37. The molecule has 0 radical (unpaired) electrons. The third-order valence-corrected chi connectivity index (χ3v) is 3.51. The van der Waals surface area contributed by atoms with Crippen LogP contribution in [-0.2, 0) is 9.47 Å². The molecule has 0 aromatic heterocycles. The predicted molar refractivity (Wildman–Crippen MR) is 70.1 cm³/mol. The Morgan fingerprint density at radius 2 is 2.12 bits per heavy atom. The van der Waals surface area contributed by atoms with E-state index in [1.807, 2.05) is 13.8 Å². The first kappa shape index (κ1) is 14.9. The summed E-state index contributed by atoms with van der Waals surface area (Å²) in [5.41, 5.74) is 5.84. The van der Waals surface area contributed by atoms with Gasteiger partial charge < -0.3 is 15.2 Å². The van der Waals surface area contributed by atoms with Gasteiger partial charge >= 0.3 is 0 Å². The van der Waals surface area contributed by atoms with E-state index in [9.17, 15) is 0 Å². The van der Waals surface area contributed by atoms with Gasteiger partial charge in [-0.3, -0.25) is 4.90 Å². The van der Waals surface area contributed by atoms with Crippen molar-refractivity contribution in [3.63, 3.8) is 0 Å². The maximum absolute atomic E-state index is 6.22. The van der Waals surface area contributed by atoms with E-state index in [2.05, 4.69) is 25.7 Å². The van der Waals surface area contributed by atoms with Gasteiger partial charge in [-0.25, -0.2) is 0 Å². The van der Waals surface area contributed by atoms with Gasteiger partial charge in [-0.1, -0.05) is 0 Å². The first-order chi connectivity index (χ1) is 7.66. The SMILES string of the molecule is COC(C)(C)C(N)CN1CC(C)OC(C)(C)C1. The van der Waals surface area contributed by atoms with E-state index in [4.69, 9.17) is 15.2 Å². The van der Waals surface area contributed by atoms with E-state index in [-0.39, 0.29) is 23.3 Å². The van der Waals surface area contributed by atoms with Crippen molar-refractivity contribution in [2.45, 2.75) is 58.0 Å². The fraction of sp³-hybridized carbons (Fsp3) is 1.00. The summed E-state index contributed by atoms with van der Waals surface area (Å²) >= 11 is 0. The average Bonchev–Trinajstić information content (AvgIpc) is 2.14. The van der Waals surface area contributed by atoms with Crippen LogP contribution in [0, 0.1) is 0 Å². The van der Waals surface area contributed by atoms with Crippen molar-refractivity contribution in [1.82, 2.24) is 4.90 Å². The Morgan fingerprint density at radius 1 is 1.53 bits per heavy atom. The number of hydrogen-bond acceptors (Lipinski definition) is 4. The van der Waals surface area contributed by atoms with Crippen LogP contribution < -0.4 is 5.73 Å². The van der Waals surface area contributed by atoms with E-state index in [1.165, 1.54) is 0 Å². The van der Waals surface area contributed by atoms with Crippen LogP contribution in [0.4, 0.5) is 0 Å². The second-order valence-electron chi connectivity index (χ2n) is 6.30. The number of methoxy groups -OCH3 is 1. The topological polar surface area (TPSA) is 47.7 Å². The van der Waals surface area contributed by atoms with Gasteiger partial charge in [0.2, 0.25) is 0 Å². The molecule has 1 aliphatic heterocycles. The summed E-state index contributed by atoms with van der Waals surface area (Å²) in [4.78, 5) is 2.37. The zero-order chi connectivity index (χ0) is 13.3. The molecule has 1 saturated heterocycles. The van der Waals surface area contributed by atoms with E-state index in [0.29, 0.717) is 0 Å². The van der Waals surface area contributed by atoms with Gasteiger partial charge in [0.15, 0.2) is 0 Å². The van der Waals surface area contributed by atoms with Gasteiger partial charge in [0.05, 0.1) is 17.3 Å². The van der Waals surface area contributed by atoms with Gasteiger partial charge in [-0.2, -0.15) is 0 Å². The second-order valence-corrected chi connectivity index (χ2v) is 6.30. The van der Waals surface area contributed by atoms with Crippen LogP contribution in [0.2, 0.25) is 0 Å². The standard InChI is InChI=1S/C13H28N2O2/c1-10-7-15(9-12(2,3)17-10)8-11(14)13(4,5)16-6/h10-11H,7-9,14H2,1-6H3. The van der Waals surface area contributed by atoms with Crippen molar-refractivity contribution < 1.29 is 9.47 Å². The molecule has 2 unspecified atom stereocenters. The highest BCUT2D eigenvalue weighted by Crippen LogP contribution is 2.22. The number of rotatable bonds is 4. The van der Waals surface area contributed by atoms with Crippen molar-refractivity contribution in [2.24, 2.45) is 5.73 Å². The van der Waals surface area contributed by atoms with Crippen LogP contribution in [0.25, 0.3) is 0 Å². The van der Waals surface area contributed by atoms with Gasteiger partial charge in [0, 0.05) is 32.8 Å². The van der Waals surface area contributed by atoms with Crippen LogP contribution in [0.3, 0.4) is 0 Å². The van der Waals surface area contributed by atoms with E-state index >= 15 is 0 Å². The summed E-state index contributed by atoms with van der Waals surface area (Å²) in [6.07, 6.45) is 0.261. The minimum absolute atomic E-state index is 0.00796. The molecular formula is C13H28N2O2. The zero-order valence-electron chi connectivity index (χ0n) is 12.1. The van der Waals surface area contributed by atoms with Crippen LogP contribution in [0.15, 0.2) is 0 Å². The molecule has 17 heavy (non-hydrogen) atoms. The second kappa shape index (κ2) is 5.22. The molecular weight excluding hydrogens is 216 g/mol. The number of nitrogens with two attached hydrogens (primary N) is 1. The van der Waals surface area contributed by atoms with Crippen molar-refractivity contribution in [2.75, 3.05) is 26.7 Å². The summed E-state index contributed by atoms with van der Waals surface area (Å²) in [6, 6.07) is 0.00796. The third kappa shape index (κ3) is 4.21. The fourth-order valence-electron chi connectivity index (χ4n) is 2.37. The molecule has 0 amide bonds. The molecule has 102 valence electrons. The van der Waals surface area contributed by atoms with Gasteiger partial charge in [-0.15, -0.1) is 0 Å². The molecule has 1 rings (SSSR count). The van der Waals surface area contributed by atoms with Crippen LogP contribution >= 0.6 is 0 Å². The molecule has 0 spiro atoms. The molecule has 0 saturated carbocycles. The Morgan fingerprint density at radius 3 is 2.59 bits per heavy atom. The Balaban J connectivity index is 2.57. The van der Waals surface area contributed by atoms with Crippen molar-refractivity contribution >= 4 is 0 Å². The number of nitrogens with zero attached hydrogens (tertiary/aromatic N) is 1. The molecule has 1 heterocycles. The summed E-state index contributed by atoms with van der Waals surface area (Å²) < 4.78 is 11.3. The quantitative estimate of drug-likeness (QED) is 0.808. The van der Waals surface area contributed by atoms with Gasteiger partial charge in [0.1, 0.15) is 0 Å². The Labute approximate surface area is 105 Å². The first-order valence-corrected chi connectivity index (χ1v) is 6.37. The molecule has 1 aliphatic rings.